The molecule has 1 aliphatic heterocycles. The third-order valence-electron chi connectivity index (χ3n) is 8.59. The minimum atomic E-state index is -0.391. The Balaban J connectivity index is 1.54. The molecule has 3 heteroatoms. The molecule has 0 aromatic rings. The van der Waals surface area contributed by atoms with E-state index in [-0.39, 0.29) is 11.4 Å². The molecule has 0 saturated heterocycles. The van der Waals surface area contributed by atoms with Crippen molar-refractivity contribution < 1.29 is 14.3 Å². The average Bonchev–Trinajstić information content (AvgIpc) is 3.14. The highest BCUT2D eigenvalue weighted by atomic mass is 16.6. The largest absolute Gasteiger partial charge is 0.451 e. The van der Waals surface area contributed by atoms with Gasteiger partial charge in [-0.1, -0.05) is 24.6 Å². The minimum Gasteiger partial charge on any atom is -0.451 e. The monoisotopic (exact) mass is 352 g/mol. The van der Waals surface area contributed by atoms with Gasteiger partial charge < -0.3 is 4.74 Å². The molecule has 138 valence electrons. The Morgan fingerprint density at radius 2 is 2.08 bits per heavy atom. The molecule has 5 aliphatic rings. The summed E-state index contributed by atoms with van der Waals surface area (Å²) in [4.78, 5) is 23.9. The van der Waals surface area contributed by atoms with E-state index in [1.807, 2.05) is 0 Å². The fourth-order valence-electron chi connectivity index (χ4n) is 7.38. The van der Waals surface area contributed by atoms with E-state index in [0.29, 0.717) is 41.8 Å². The molecule has 1 heterocycles. The molecule has 3 nitrogen and oxygen atoms in total. The van der Waals surface area contributed by atoms with Crippen LogP contribution < -0.4 is 0 Å². The Hall–Kier alpha value is -1.64. The van der Waals surface area contributed by atoms with Crippen molar-refractivity contribution >= 4 is 11.8 Å². The summed E-state index contributed by atoms with van der Waals surface area (Å²) in [6, 6.07) is 0. The maximum Gasteiger partial charge on any atom is 0.331 e. The van der Waals surface area contributed by atoms with E-state index >= 15 is 0 Å². The number of ketones is 1. The summed E-state index contributed by atoms with van der Waals surface area (Å²) in [6.07, 6.45) is 15.0. The summed E-state index contributed by atoms with van der Waals surface area (Å²) < 4.78 is 5.92. The van der Waals surface area contributed by atoms with Crippen LogP contribution in [0, 0.1) is 35.0 Å². The number of carbonyl (C=O) groups is 2. The molecule has 1 spiro atoms. The number of hydrogen-bond donors (Lipinski definition) is 0. The van der Waals surface area contributed by atoms with Gasteiger partial charge in [-0.2, -0.15) is 0 Å². The number of esters is 1. The molecule has 0 bridgehead atoms. The Morgan fingerprint density at radius 3 is 2.81 bits per heavy atom. The van der Waals surface area contributed by atoms with Gasteiger partial charge in [0.15, 0.2) is 0 Å². The number of rotatable bonds is 1. The molecule has 3 fully saturated rings. The summed E-state index contributed by atoms with van der Waals surface area (Å²) >= 11 is 0. The third kappa shape index (κ3) is 2.00. The average molecular weight is 352 g/mol. The second-order valence-electron chi connectivity index (χ2n) is 9.40. The topological polar surface area (TPSA) is 43.4 Å². The maximum absolute atomic E-state index is 12.0. The van der Waals surface area contributed by atoms with Crippen molar-refractivity contribution in [1.29, 1.82) is 0 Å². The van der Waals surface area contributed by atoms with Crippen molar-refractivity contribution in [3.05, 3.63) is 36.5 Å². The predicted octanol–water partition coefficient (Wildman–Crippen LogP) is 4.39. The van der Waals surface area contributed by atoms with E-state index < -0.39 is 5.60 Å². The van der Waals surface area contributed by atoms with Crippen LogP contribution in [0.1, 0.15) is 51.9 Å². The van der Waals surface area contributed by atoms with Crippen molar-refractivity contribution in [2.24, 2.45) is 35.0 Å². The number of hydrogen-bond acceptors (Lipinski definition) is 3. The Kier molecular flexibility index (Phi) is 3.45. The molecule has 0 aromatic carbocycles. The molecule has 5 rings (SSSR count). The van der Waals surface area contributed by atoms with Gasteiger partial charge in [0.05, 0.1) is 0 Å². The van der Waals surface area contributed by atoms with E-state index in [0.717, 1.165) is 32.1 Å². The van der Waals surface area contributed by atoms with Crippen molar-refractivity contribution in [1.82, 2.24) is 0 Å². The summed E-state index contributed by atoms with van der Waals surface area (Å²) in [6.45, 7) is 6.50. The van der Waals surface area contributed by atoms with Crippen LogP contribution in [0.4, 0.5) is 0 Å². The van der Waals surface area contributed by atoms with E-state index in [1.165, 1.54) is 12.0 Å². The van der Waals surface area contributed by atoms with Gasteiger partial charge in [0.25, 0.3) is 0 Å². The number of Topliss-reactive ketones (excluding diaryl/α,β-unsaturated/α-hetero) is 1. The highest BCUT2D eigenvalue weighted by Gasteiger charge is 2.65. The highest BCUT2D eigenvalue weighted by molar-refractivity contribution is 5.85. The van der Waals surface area contributed by atoms with Gasteiger partial charge in [-0.3, -0.25) is 4.79 Å². The van der Waals surface area contributed by atoms with Crippen LogP contribution in [0.5, 0.6) is 0 Å². The molecule has 0 amide bonds. The number of allylic oxidation sites excluding steroid dienone is 3. The fraction of sp³-hybridized carbons (Fsp3) is 0.652. The van der Waals surface area contributed by atoms with E-state index in [4.69, 9.17) is 4.74 Å². The predicted molar refractivity (Wildman–Crippen MR) is 99.1 cm³/mol. The van der Waals surface area contributed by atoms with Crippen LogP contribution in [-0.4, -0.2) is 17.4 Å². The molecule has 7 atom stereocenters. The zero-order valence-electron chi connectivity index (χ0n) is 15.6. The van der Waals surface area contributed by atoms with Gasteiger partial charge in [-0.25, -0.2) is 4.79 Å². The SMILES string of the molecule is C=C[C@@H]1C=C2CC(=O)CC[C@@H]2[C@H]2CC[C@@]3(C)[C@@H](CC[C@@]34C=CC(=O)O4)[C@H]12. The van der Waals surface area contributed by atoms with Crippen LogP contribution in [-0.2, 0) is 14.3 Å². The van der Waals surface area contributed by atoms with Crippen LogP contribution in [0.25, 0.3) is 0 Å². The smallest absolute Gasteiger partial charge is 0.331 e. The van der Waals surface area contributed by atoms with E-state index in [2.05, 4.69) is 31.7 Å². The van der Waals surface area contributed by atoms with Crippen LogP contribution in [0.3, 0.4) is 0 Å². The van der Waals surface area contributed by atoms with E-state index in [9.17, 15) is 9.59 Å². The van der Waals surface area contributed by atoms with Crippen LogP contribution >= 0.6 is 0 Å². The lowest BCUT2D eigenvalue weighted by molar-refractivity contribution is -0.161. The maximum atomic E-state index is 12.0. The number of carbonyl (C=O) groups excluding carboxylic acids is 2. The zero-order valence-corrected chi connectivity index (χ0v) is 15.6. The molecule has 3 saturated carbocycles. The van der Waals surface area contributed by atoms with Gasteiger partial charge in [0.2, 0.25) is 0 Å². The van der Waals surface area contributed by atoms with Gasteiger partial charge in [-0.05, 0) is 67.8 Å². The summed E-state index contributed by atoms with van der Waals surface area (Å²) in [5.41, 5.74) is 1.02. The molecule has 0 radical (unpaired) electrons. The van der Waals surface area contributed by atoms with E-state index in [1.54, 1.807) is 6.08 Å². The number of fused-ring (bicyclic) bond motifs is 6. The quantitative estimate of drug-likeness (QED) is 0.519. The first-order chi connectivity index (χ1) is 12.5. The first-order valence-corrected chi connectivity index (χ1v) is 10.2. The second-order valence-corrected chi connectivity index (χ2v) is 9.40. The summed E-state index contributed by atoms with van der Waals surface area (Å²) in [5, 5.41) is 0. The van der Waals surface area contributed by atoms with Crippen LogP contribution in [0.15, 0.2) is 36.5 Å². The van der Waals surface area contributed by atoms with Crippen molar-refractivity contribution in [2.45, 2.75) is 57.5 Å². The van der Waals surface area contributed by atoms with Crippen molar-refractivity contribution in [2.75, 3.05) is 0 Å². The molecular weight excluding hydrogens is 324 g/mol. The fourth-order valence-corrected chi connectivity index (χ4v) is 7.38. The van der Waals surface area contributed by atoms with Crippen molar-refractivity contribution in [3.63, 3.8) is 0 Å². The van der Waals surface area contributed by atoms with Gasteiger partial charge in [0.1, 0.15) is 11.4 Å². The molecule has 0 N–H and O–H groups in total. The Bertz CT molecular complexity index is 747. The normalized spacial score (nSPS) is 49.3. The summed E-state index contributed by atoms with van der Waals surface area (Å²) in [7, 11) is 0. The molecule has 0 unspecified atom stereocenters. The van der Waals surface area contributed by atoms with Crippen LogP contribution in [0.2, 0.25) is 0 Å². The first kappa shape index (κ1) is 16.5. The molecule has 4 aliphatic carbocycles. The second kappa shape index (κ2) is 5.43. The Morgan fingerprint density at radius 1 is 1.23 bits per heavy atom. The zero-order chi connectivity index (χ0) is 18.1. The molecule has 26 heavy (non-hydrogen) atoms. The molecule has 0 aromatic heterocycles. The summed E-state index contributed by atoms with van der Waals surface area (Å²) in [5.74, 6) is 2.92. The van der Waals surface area contributed by atoms with Crippen molar-refractivity contribution in [3.8, 4) is 0 Å². The number of ether oxygens (including phenoxy) is 1. The first-order valence-electron chi connectivity index (χ1n) is 10.2. The van der Waals surface area contributed by atoms with Gasteiger partial charge in [0, 0.05) is 24.3 Å². The minimum absolute atomic E-state index is 0.0217. The Labute approximate surface area is 155 Å². The molecular formula is C23H28O3. The highest BCUT2D eigenvalue weighted by Crippen LogP contribution is 2.67. The van der Waals surface area contributed by atoms with Gasteiger partial charge in [-0.15, -0.1) is 6.58 Å². The lowest BCUT2D eigenvalue weighted by Crippen LogP contribution is -2.53. The third-order valence-corrected chi connectivity index (χ3v) is 8.59. The van der Waals surface area contributed by atoms with Gasteiger partial charge >= 0.3 is 5.97 Å². The lowest BCUT2D eigenvalue weighted by Gasteiger charge is -2.56. The lowest BCUT2D eigenvalue weighted by atomic mass is 9.49. The standard InChI is InChI=1S/C23H28O3/c1-3-14-12-15-13-16(24)4-5-17(15)18-6-9-22(2)19(21(14)18)7-10-23(22)11-8-20(25)26-23/h3,8,11-12,14,17-19,21H,1,4-7,9-10,13H2,2H3/t14-,17+,18-,19+,21-,22+,23-/m1/s1.